The highest BCUT2D eigenvalue weighted by Gasteiger charge is 2.35. The molecule has 1 saturated heterocycles. The molecule has 6 rings (SSSR count). The lowest BCUT2D eigenvalue weighted by molar-refractivity contribution is -0.667. The third-order valence-corrected chi connectivity index (χ3v) is 7.98. The van der Waals surface area contributed by atoms with Crippen LogP contribution in [0.3, 0.4) is 0 Å². The van der Waals surface area contributed by atoms with Gasteiger partial charge in [-0.3, -0.25) is 9.59 Å². The quantitative estimate of drug-likeness (QED) is 0.266. The second-order valence-corrected chi connectivity index (χ2v) is 11.2. The van der Waals surface area contributed by atoms with Crippen LogP contribution in [0.4, 0.5) is 15.9 Å². The largest absolute Gasteiger partial charge is 0.444 e. The lowest BCUT2D eigenvalue weighted by atomic mass is 10.1. The molecule has 2 aliphatic rings. The highest BCUT2D eigenvalue weighted by atomic mass is 127. The van der Waals surface area contributed by atoms with Gasteiger partial charge >= 0.3 is 11.4 Å². The first-order valence-corrected chi connectivity index (χ1v) is 13.7. The number of halogens is 2. The highest BCUT2D eigenvalue weighted by Crippen LogP contribution is 2.33. The zero-order valence-electron chi connectivity index (χ0n) is 21.3. The number of likely N-dealkylation sites (tertiary alicyclic amines) is 1. The van der Waals surface area contributed by atoms with E-state index in [0.29, 0.717) is 40.8 Å². The Bertz CT molecular complexity index is 1870. The van der Waals surface area contributed by atoms with Crippen molar-refractivity contribution in [3.63, 3.8) is 0 Å². The van der Waals surface area contributed by atoms with Crippen LogP contribution in [0.2, 0.25) is 0 Å². The smallest absolute Gasteiger partial charge is 0.339 e. The van der Waals surface area contributed by atoms with Crippen LogP contribution in [0.5, 0.6) is 0 Å². The molecule has 0 bridgehead atoms. The van der Waals surface area contributed by atoms with Gasteiger partial charge in [-0.05, 0) is 78.3 Å². The molecule has 0 unspecified atom stereocenters. The molecule has 1 N–H and O–H groups in total. The van der Waals surface area contributed by atoms with Crippen LogP contribution < -0.4 is 26.8 Å². The summed E-state index contributed by atoms with van der Waals surface area (Å²) in [7, 11) is 2.96. The van der Waals surface area contributed by atoms with Crippen molar-refractivity contribution < 1.29 is 13.8 Å². The average molecular weight is 643 g/mol. The number of carbonyl (C=O) groups is 1. The fraction of sp³-hybridized carbons (Fsp3) is 0.296. The Morgan fingerprint density at radius 2 is 1.85 bits per heavy atom. The van der Waals surface area contributed by atoms with Crippen LogP contribution in [-0.2, 0) is 14.1 Å². The standard InChI is InChI=1S/C27H24FIN6O4/c1-31-22(30-17-6-3-5-15(13-17)24(36)33-11-4-12-33)21-23(32(2)26(31)38)35(20-10-7-16(29)14-19(20)28)27(39)34(25(21)37)18-8-9-18/h3,5-7,10,13-14,18H,4,8-9,11-12H2,1-2H3/p+1. The molecule has 39 heavy (non-hydrogen) atoms. The van der Waals surface area contributed by atoms with E-state index < -0.39 is 22.8 Å². The van der Waals surface area contributed by atoms with Gasteiger partial charge in [-0.2, -0.15) is 9.13 Å². The summed E-state index contributed by atoms with van der Waals surface area (Å²) in [5, 5.41) is 3.22. The fourth-order valence-electron chi connectivity index (χ4n) is 4.97. The molecule has 2 aromatic carbocycles. The number of fused-ring (bicyclic) bond motifs is 1. The minimum Gasteiger partial charge on any atom is -0.339 e. The Balaban J connectivity index is 1.64. The summed E-state index contributed by atoms with van der Waals surface area (Å²) in [4.78, 5) is 55.6. The van der Waals surface area contributed by atoms with Gasteiger partial charge in [-0.1, -0.05) is 6.07 Å². The van der Waals surface area contributed by atoms with Crippen molar-refractivity contribution in [2.75, 3.05) is 18.4 Å². The van der Waals surface area contributed by atoms with E-state index in [9.17, 15) is 19.2 Å². The van der Waals surface area contributed by atoms with E-state index in [-0.39, 0.29) is 34.5 Å². The van der Waals surface area contributed by atoms with Crippen LogP contribution in [0.1, 0.15) is 35.7 Å². The summed E-state index contributed by atoms with van der Waals surface area (Å²) >= 11 is 1.97. The predicted molar refractivity (Wildman–Crippen MR) is 151 cm³/mol. The Hall–Kier alpha value is -3.81. The zero-order chi connectivity index (χ0) is 27.6. The number of anilines is 2. The second kappa shape index (κ2) is 9.43. The first-order chi connectivity index (χ1) is 18.7. The second-order valence-electron chi connectivity index (χ2n) is 9.92. The van der Waals surface area contributed by atoms with Crippen molar-refractivity contribution >= 4 is 51.0 Å². The van der Waals surface area contributed by atoms with E-state index in [2.05, 4.69) is 5.32 Å². The molecule has 10 nitrogen and oxygen atoms in total. The molecule has 0 radical (unpaired) electrons. The average Bonchev–Trinajstić information content (AvgIpc) is 3.70. The molecule has 1 amide bonds. The third kappa shape index (κ3) is 4.17. The Morgan fingerprint density at radius 3 is 2.49 bits per heavy atom. The fourth-order valence-corrected chi connectivity index (χ4v) is 5.42. The maximum Gasteiger partial charge on any atom is 0.444 e. The van der Waals surface area contributed by atoms with Gasteiger partial charge in [-0.25, -0.2) is 23.1 Å². The summed E-state index contributed by atoms with van der Waals surface area (Å²) in [5.41, 5.74) is -0.920. The van der Waals surface area contributed by atoms with Crippen molar-refractivity contribution in [1.29, 1.82) is 0 Å². The number of aromatic nitrogens is 4. The van der Waals surface area contributed by atoms with Crippen LogP contribution in [0.25, 0.3) is 16.7 Å². The molecular weight excluding hydrogens is 618 g/mol. The van der Waals surface area contributed by atoms with Crippen LogP contribution >= 0.6 is 22.6 Å². The molecule has 1 aliphatic carbocycles. The van der Waals surface area contributed by atoms with Crippen molar-refractivity contribution in [2.24, 2.45) is 14.1 Å². The van der Waals surface area contributed by atoms with Gasteiger partial charge in [0.1, 0.15) is 5.69 Å². The van der Waals surface area contributed by atoms with Crippen LogP contribution in [0.15, 0.2) is 56.8 Å². The summed E-state index contributed by atoms with van der Waals surface area (Å²) in [6.07, 6.45) is 2.27. The molecular formula is C27H25FIN6O4+. The SMILES string of the molecule is Cn1c(Nc2cccc(C(=O)N3CCC3)c2)c2c(=O)n(C3CC3)c(=O)n(-c3ccc(I)cc3F)c2[n+](C)c1=O. The number of nitrogens with zero attached hydrogens (tertiary/aromatic N) is 5. The molecule has 0 spiro atoms. The lowest BCUT2D eigenvalue weighted by Crippen LogP contribution is -2.56. The van der Waals surface area contributed by atoms with Crippen LogP contribution in [0, 0.1) is 9.39 Å². The first kappa shape index (κ1) is 25.5. The molecule has 1 saturated carbocycles. The van der Waals surface area contributed by atoms with Gasteiger partial charge in [0.2, 0.25) is 0 Å². The van der Waals surface area contributed by atoms with Crippen LogP contribution in [-0.4, -0.2) is 37.6 Å². The Kier molecular flexibility index (Phi) is 6.16. The predicted octanol–water partition coefficient (Wildman–Crippen LogP) is 2.34. The van der Waals surface area contributed by atoms with E-state index in [4.69, 9.17) is 0 Å². The van der Waals surface area contributed by atoms with Gasteiger partial charge in [0, 0.05) is 34.0 Å². The minimum atomic E-state index is -0.702. The summed E-state index contributed by atoms with van der Waals surface area (Å²) in [6, 6.07) is 10.9. The van der Waals surface area contributed by atoms with Crippen molar-refractivity contribution in [1.82, 2.24) is 18.6 Å². The van der Waals surface area contributed by atoms with E-state index in [1.807, 2.05) is 22.6 Å². The molecule has 3 heterocycles. The number of carbonyl (C=O) groups excluding carboxylic acids is 1. The monoisotopic (exact) mass is 643 g/mol. The normalized spacial score (nSPS) is 14.9. The Morgan fingerprint density at radius 1 is 1.10 bits per heavy atom. The molecule has 2 aromatic heterocycles. The summed E-state index contributed by atoms with van der Waals surface area (Å²) < 4.78 is 20.6. The maximum atomic E-state index is 15.3. The van der Waals surface area contributed by atoms with Crippen molar-refractivity contribution in [3.05, 3.63) is 88.7 Å². The lowest BCUT2D eigenvalue weighted by Gasteiger charge is -2.31. The number of nitrogens with one attached hydrogen (secondary N) is 1. The van der Waals surface area contributed by atoms with Crippen molar-refractivity contribution in [2.45, 2.75) is 25.3 Å². The topological polar surface area (TPSA) is 102 Å². The van der Waals surface area contributed by atoms with Crippen molar-refractivity contribution in [3.8, 4) is 5.69 Å². The van der Waals surface area contributed by atoms with Gasteiger partial charge in [0.25, 0.3) is 17.1 Å². The number of hydrogen-bond donors (Lipinski definition) is 1. The molecule has 0 atom stereocenters. The maximum absolute atomic E-state index is 15.3. The molecule has 12 heteroatoms. The van der Waals surface area contributed by atoms with Gasteiger partial charge in [-0.15, -0.1) is 0 Å². The van der Waals surface area contributed by atoms with E-state index in [0.717, 1.165) is 15.6 Å². The number of hydrogen-bond acceptors (Lipinski definition) is 5. The molecule has 4 aromatic rings. The van der Waals surface area contributed by atoms with E-state index >= 15 is 4.39 Å². The van der Waals surface area contributed by atoms with E-state index in [1.54, 1.807) is 35.2 Å². The van der Waals surface area contributed by atoms with Gasteiger partial charge in [0.15, 0.2) is 17.0 Å². The number of benzene rings is 2. The number of aryl methyl sites for hydroxylation is 1. The minimum absolute atomic E-state index is 0.0274. The highest BCUT2D eigenvalue weighted by molar-refractivity contribution is 14.1. The number of amides is 1. The van der Waals surface area contributed by atoms with Gasteiger partial charge < -0.3 is 10.2 Å². The number of rotatable bonds is 5. The summed E-state index contributed by atoms with van der Waals surface area (Å²) in [5.74, 6) is -0.610. The third-order valence-electron chi connectivity index (χ3n) is 7.31. The zero-order valence-corrected chi connectivity index (χ0v) is 23.4. The summed E-state index contributed by atoms with van der Waals surface area (Å²) in [6.45, 7) is 1.41. The molecule has 200 valence electrons. The van der Waals surface area contributed by atoms with E-state index in [1.165, 1.54) is 35.4 Å². The molecule has 1 aliphatic heterocycles. The van der Waals surface area contributed by atoms with Gasteiger partial charge in [0.05, 0.1) is 14.1 Å². The molecule has 2 fully saturated rings. The Labute approximate surface area is 235 Å². The first-order valence-electron chi connectivity index (χ1n) is 12.6.